The summed E-state index contributed by atoms with van der Waals surface area (Å²) in [6.45, 7) is 0. The van der Waals surface area contributed by atoms with Gasteiger partial charge in [0.05, 0.1) is 14.5 Å². The molecule has 1 aromatic heterocycles. The number of hydrogen-bond donors (Lipinski definition) is 1. The van der Waals surface area contributed by atoms with Crippen molar-refractivity contribution in [1.82, 2.24) is 0 Å². The largest absolute Gasteiger partial charge is 0.278 e. The summed E-state index contributed by atoms with van der Waals surface area (Å²) in [6, 6.07) is 14.5. The van der Waals surface area contributed by atoms with Crippen molar-refractivity contribution in [2.75, 3.05) is 4.72 Å². The molecule has 0 aliphatic rings. The molecule has 0 amide bonds. The van der Waals surface area contributed by atoms with Gasteiger partial charge in [0.2, 0.25) is 0 Å². The van der Waals surface area contributed by atoms with Gasteiger partial charge in [-0.05, 0) is 33.4 Å². The van der Waals surface area contributed by atoms with Gasteiger partial charge < -0.3 is 0 Å². The van der Waals surface area contributed by atoms with E-state index in [1.165, 1.54) is 6.07 Å². The van der Waals surface area contributed by atoms with Crippen LogP contribution in [-0.4, -0.2) is 8.42 Å². The molecule has 0 saturated carbocycles. The van der Waals surface area contributed by atoms with Crippen LogP contribution in [0.1, 0.15) is 0 Å². The van der Waals surface area contributed by atoms with Crippen LogP contribution in [0, 0.1) is 0 Å². The molecule has 0 saturated heterocycles. The third-order valence-electron chi connectivity index (χ3n) is 2.92. The van der Waals surface area contributed by atoms with Gasteiger partial charge in [-0.3, -0.25) is 4.72 Å². The van der Waals surface area contributed by atoms with Crippen molar-refractivity contribution in [3.8, 4) is 0 Å². The van der Waals surface area contributed by atoms with Crippen LogP contribution >= 0.6 is 38.9 Å². The number of benzene rings is 2. The Morgan fingerprint density at radius 3 is 2.52 bits per heavy atom. The number of halogens is 2. The predicted molar refractivity (Wildman–Crippen MR) is 91.8 cm³/mol. The van der Waals surface area contributed by atoms with Crippen molar-refractivity contribution >= 4 is 65.4 Å². The van der Waals surface area contributed by atoms with Gasteiger partial charge >= 0.3 is 0 Å². The molecule has 0 fully saturated rings. The number of nitrogens with one attached hydrogen (secondary N) is 1. The standard InChI is InChI=1S/C14H9BrClNO2S2/c15-14-11(16)8-13(20-14)21(18,19)17-12-7-3-5-9-4-1-2-6-10(9)12/h1-8,17H. The Bertz CT molecular complexity index is 897. The zero-order chi connectivity index (χ0) is 15.0. The van der Waals surface area contributed by atoms with Crippen LogP contribution in [0.5, 0.6) is 0 Å². The van der Waals surface area contributed by atoms with Gasteiger partial charge in [-0.2, -0.15) is 0 Å². The number of thiophene rings is 1. The molecule has 21 heavy (non-hydrogen) atoms. The molecule has 0 unspecified atom stereocenters. The second kappa shape index (κ2) is 5.61. The number of fused-ring (bicyclic) bond motifs is 1. The molecule has 3 rings (SSSR count). The molecular formula is C14H9BrClNO2S2. The lowest BCUT2D eigenvalue weighted by atomic mass is 10.1. The van der Waals surface area contributed by atoms with Crippen LogP contribution in [0.4, 0.5) is 5.69 Å². The van der Waals surface area contributed by atoms with E-state index in [0.717, 1.165) is 22.1 Å². The molecule has 0 atom stereocenters. The Kier molecular flexibility index (Phi) is 3.96. The summed E-state index contributed by atoms with van der Waals surface area (Å²) in [5.74, 6) is 0. The van der Waals surface area contributed by atoms with Crippen molar-refractivity contribution < 1.29 is 8.42 Å². The van der Waals surface area contributed by atoms with Gasteiger partial charge in [0.1, 0.15) is 4.21 Å². The fraction of sp³-hybridized carbons (Fsp3) is 0. The minimum absolute atomic E-state index is 0.173. The molecule has 0 bridgehead atoms. The van der Waals surface area contributed by atoms with Crippen LogP contribution in [0.3, 0.4) is 0 Å². The molecule has 0 aliphatic heterocycles. The van der Waals surface area contributed by atoms with E-state index < -0.39 is 10.0 Å². The van der Waals surface area contributed by atoms with E-state index in [2.05, 4.69) is 20.7 Å². The van der Waals surface area contributed by atoms with Crippen LogP contribution < -0.4 is 4.72 Å². The first kappa shape index (κ1) is 14.8. The molecule has 2 aromatic carbocycles. The Balaban J connectivity index is 2.05. The summed E-state index contributed by atoms with van der Waals surface area (Å²) < 4.78 is 28.3. The molecule has 7 heteroatoms. The van der Waals surface area contributed by atoms with E-state index >= 15 is 0 Å². The maximum Gasteiger partial charge on any atom is 0.271 e. The Labute approximate surface area is 139 Å². The fourth-order valence-corrected chi connectivity index (χ4v) is 5.45. The van der Waals surface area contributed by atoms with Crippen molar-refractivity contribution in [2.24, 2.45) is 0 Å². The first-order chi connectivity index (χ1) is 9.97. The van der Waals surface area contributed by atoms with Gasteiger partial charge in [0, 0.05) is 5.39 Å². The monoisotopic (exact) mass is 401 g/mol. The third-order valence-corrected chi connectivity index (χ3v) is 7.24. The first-order valence-electron chi connectivity index (χ1n) is 5.93. The number of rotatable bonds is 3. The van der Waals surface area contributed by atoms with Crippen molar-refractivity contribution in [3.63, 3.8) is 0 Å². The van der Waals surface area contributed by atoms with Gasteiger partial charge in [0.15, 0.2) is 0 Å². The van der Waals surface area contributed by atoms with Gasteiger partial charge in [-0.25, -0.2) is 8.42 Å². The van der Waals surface area contributed by atoms with Crippen LogP contribution in [-0.2, 0) is 10.0 Å². The minimum atomic E-state index is -3.65. The molecule has 3 aromatic rings. The van der Waals surface area contributed by atoms with Gasteiger partial charge in [0.25, 0.3) is 10.0 Å². The minimum Gasteiger partial charge on any atom is -0.278 e. The van der Waals surface area contributed by atoms with Crippen LogP contribution in [0.2, 0.25) is 5.02 Å². The van der Waals surface area contributed by atoms with E-state index in [9.17, 15) is 8.42 Å². The lowest BCUT2D eigenvalue weighted by molar-refractivity contribution is 0.603. The van der Waals surface area contributed by atoms with Crippen molar-refractivity contribution in [3.05, 3.63) is 57.3 Å². The average Bonchev–Trinajstić information content (AvgIpc) is 2.80. The van der Waals surface area contributed by atoms with Crippen molar-refractivity contribution in [1.29, 1.82) is 0 Å². The highest BCUT2D eigenvalue weighted by atomic mass is 79.9. The third kappa shape index (κ3) is 2.94. The molecule has 1 heterocycles. The normalized spacial score (nSPS) is 11.7. The molecule has 0 aliphatic carbocycles. The molecule has 0 spiro atoms. The quantitative estimate of drug-likeness (QED) is 0.661. The first-order valence-corrected chi connectivity index (χ1v) is 9.40. The Morgan fingerprint density at radius 2 is 1.81 bits per heavy atom. The number of sulfonamides is 1. The summed E-state index contributed by atoms with van der Waals surface area (Å²) in [5.41, 5.74) is 0.550. The average molecular weight is 403 g/mol. The van der Waals surface area contributed by atoms with Gasteiger partial charge in [-0.15, -0.1) is 11.3 Å². The summed E-state index contributed by atoms with van der Waals surface area (Å²) >= 11 is 10.2. The highest BCUT2D eigenvalue weighted by Crippen LogP contribution is 2.36. The zero-order valence-electron chi connectivity index (χ0n) is 10.5. The lowest BCUT2D eigenvalue weighted by Gasteiger charge is -2.09. The topological polar surface area (TPSA) is 46.2 Å². The number of hydrogen-bond acceptors (Lipinski definition) is 3. The molecule has 108 valence electrons. The van der Waals surface area contributed by atoms with E-state index in [4.69, 9.17) is 11.6 Å². The molecule has 3 nitrogen and oxygen atoms in total. The maximum atomic E-state index is 12.4. The Hall–Kier alpha value is -1.08. The summed E-state index contributed by atoms with van der Waals surface area (Å²) in [6.07, 6.45) is 0. The molecular weight excluding hydrogens is 394 g/mol. The summed E-state index contributed by atoms with van der Waals surface area (Å²) in [7, 11) is -3.65. The Morgan fingerprint density at radius 1 is 1.10 bits per heavy atom. The van der Waals surface area contributed by atoms with E-state index in [1.807, 2.05) is 36.4 Å². The summed E-state index contributed by atoms with van der Waals surface area (Å²) in [5, 5.41) is 2.21. The van der Waals surface area contributed by atoms with Crippen molar-refractivity contribution in [2.45, 2.75) is 4.21 Å². The van der Waals surface area contributed by atoms with Gasteiger partial charge in [-0.1, -0.05) is 48.0 Å². The molecule has 1 N–H and O–H groups in total. The predicted octanol–water partition coefficient (Wildman–Crippen LogP) is 5.12. The second-order valence-corrected chi connectivity index (χ2v) is 9.01. The molecule has 0 radical (unpaired) electrons. The van der Waals surface area contributed by atoms with E-state index in [-0.39, 0.29) is 4.21 Å². The second-order valence-electron chi connectivity index (χ2n) is 4.32. The SMILES string of the molecule is O=S(=O)(Nc1cccc2ccccc12)c1cc(Cl)c(Br)s1. The highest BCUT2D eigenvalue weighted by Gasteiger charge is 2.19. The zero-order valence-corrected chi connectivity index (χ0v) is 14.5. The van der Waals surface area contributed by atoms with Crippen LogP contribution in [0.25, 0.3) is 10.8 Å². The fourth-order valence-electron chi connectivity index (χ4n) is 1.97. The highest BCUT2D eigenvalue weighted by molar-refractivity contribution is 9.11. The van der Waals surface area contributed by atoms with E-state index in [0.29, 0.717) is 14.5 Å². The summed E-state index contributed by atoms with van der Waals surface area (Å²) in [4.78, 5) is 0. The lowest BCUT2D eigenvalue weighted by Crippen LogP contribution is -2.11. The number of anilines is 1. The van der Waals surface area contributed by atoms with E-state index in [1.54, 1.807) is 6.07 Å². The smallest absolute Gasteiger partial charge is 0.271 e. The van der Waals surface area contributed by atoms with Crippen LogP contribution in [0.15, 0.2) is 56.5 Å². The maximum absolute atomic E-state index is 12.4.